The zero-order valence-corrected chi connectivity index (χ0v) is 11.1. The molecule has 0 saturated heterocycles. The second-order valence-electron chi connectivity index (χ2n) is 5.22. The Kier molecular flexibility index (Phi) is 4.15. The predicted octanol–water partition coefficient (Wildman–Crippen LogP) is 5.26. The van der Waals surface area contributed by atoms with Gasteiger partial charge in [-0.2, -0.15) is 0 Å². The number of allylic oxidation sites excluding steroid dienone is 2. The minimum atomic E-state index is -0.705. The molecular formula is C16H20F2. The van der Waals surface area contributed by atoms with Crippen LogP contribution in [0.15, 0.2) is 18.2 Å². The Bertz CT molecular complexity index is 460. The molecule has 1 aliphatic carbocycles. The first-order valence-corrected chi connectivity index (χ1v) is 6.77. The fourth-order valence-corrected chi connectivity index (χ4v) is 2.70. The third kappa shape index (κ3) is 2.63. The third-order valence-electron chi connectivity index (χ3n) is 3.84. The van der Waals surface area contributed by atoms with Crippen molar-refractivity contribution in [2.45, 2.75) is 46.0 Å². The lowest BCUT2D eigenvalue weighted by Crippen LogP contribution is -2.06. The smallest absolute Gasteiger partial charge is 0.166 e. The van der Waals surface area contributed by atoms with Crippen LogP contribution in [-0.4, -0.2) is 0 Å². The van der Waals surface area contributed by atoms with Gasteiger partial charge in [-0.25, -0.2) is 8.78 Å². The van der Waals surface area contributed by atoms with Gasteiger partial charge >= 0.3 is 0 Å². The Balaban J connectivity index is 2.21. The Labute approximate surface area is 108 Å². The molecule has 1 atom stereocenters. The van der Waals surface area contributed by atoms with Crippen molar-refractivity contribution in [1.82, 2.24) is 0 Å². The summed E-state index contributed by atoms with van der Waals surface area (Å²) in [6.45, 7) is 3.78. The first-order chi connectivity index (χ1) is 8.63. The van der Waals surface area contributed by atoms with E-state index < -0.39 is 11.6 Å². The topological polar surface area (TPSA) is 0 Å². The van der Waals surface area contributed by atoms with Crippen LogP contribution in [0.5, 0.6) is 0 Å². The van der Waals surface area contributed by atoms with Crippen LogP contribution in [0, 0.1) is 24.5 Å². The van der Waals surface area contributed by atoms with Crippen molar-refractivity contribution in [1.29, 1.82) is 0 Å². The molecule has 1 aliphatic rings. The van der Waals surface area contributed by atoms with E-state index in [-0.39, 0.29) is 0 Å². The van der Waals surface area contributed by atoms with E-state index in [1.165, 1.54) is 12.8 Å². The molecule has 18 heavy (non-hydrogen) atoms. The van der Waals surface area contributed by atoms with Crippen molar-refractivity contribution in [3.8, 4) is 0 Å². The van der Waals surface area contributed by atoms with Gasteiger partial charge < -0.3 is 0 Å². The summed E-state index contributed by atoms with van der Waals surface area (Å²) < 4.78 is 27.4. The molecule has 1 aromatic carbocycles. The van der Waals surface area contributed by atoms with E-state index in [1.54, 1.807) is 19.1 Å². The van der Waals surface area contributed by atoms with Crippen LogP contribution in [0.4, 0.5) is 8.78 Å². The maximum Gasteiger partial charge on any atom is 0.166 e. The number of halogens is 2. The Morgan fingerprint density at radius 2 is 2.00 bits per heavy atom. The van der Waals surface area contributed by atoms with E-state index in [0.29, 0.717) is 11.1 Å². The lowest BCUT2D eigenvalue weighted by atomic mass is 9.84. The quantitative estimate of drug-likeness (QED) is 0.686. The average Bonchev–Trinajstić information content (AvgIpc) is 2.38. The Hall–Kier alpha value is -1.18. The number of hydrogen-bond donors (Lipinski definition) is 0. The van der Waals surface area contributed by atoms with Gasteiger partial charge in [0.15, 0.2) is 11.6 Å². The van der Waals surface area contributed by atoms with Gasteiger partial charge in [0.1, 0.15) is 0 Å². The van der Waals surface area contributed by atoms with Crippen LogP contribution in [-0.2, 0) is 0 Å². The highest BCUT2D eigenvalue weighted by Gasteiger charge is 2.19. The van der Waals surface area contributed by atoms with Gasteiger partial charge in [0.2, 0.25) is 0 Å². The predicted molar refractivity (Wildman–Crippen MR) is 71.3 cm³/mol. The molecule has 0 aromatic heterocycles. The second kappa shape index (κ2) is 5.64. The summed E-state index contributed by atoms with van der Waals surface area (Å²) in [6, 6.07) is 3.37. The average molecular weight is 250 g/mol. The fourth-order valence-electron chi connectivity index (χ4n) is 2.70. The van der Waals surface area contributed by atoms with E-state index in [9.17, 15) is 8.78 Å². The van der Waals surface area contributed by atoms with Gasteiger partial charge in [0, 0.05) is 5.56 Å². The molecule has 0 radical (unpaired) electrons. The zero-order valence-electron chi connectivity index (χ0n) is 11.1. The summed E-state index contributed by atoms with van der Waals surface area (Å²) in [4.78, 5) is 0. The van der Waals surface area contributed by atoms with Crippen LogP contribution in [0.2, 0.25) is 0 Å². The molecule has 2 rings (SSSR count). The van der Waals surface area contributed by atoms with Gasteiger partial charge in [-0.3, -0.25) is 0 Å². The van der Waals surface area contributed by atoms with Crippen molar-refractivity contribution in [2.75, 3.05) is 0 Å². The molecule has 0 amide bonds. The van der Waals surface area contributed by atoms with Crippen LogP contribution >= 0.6 is 0 Å². The van der Waals surface area contributed by atoms with Crippen LogP contribution in [0.1, 0.15) is 50.2 Å². The molecule has 0 fully saturated rings. The second-order valence-corrected chi connectivity index (χ2v) is 5.22. The molecule has 0 heterocycles. The molecule has 1 aromatic rings. The summed E-state index contributed by atoms with van der Waals surface area (Å²) in [6.07, 6.45) is 7.48. The minimum absolute atomic E-state index is 0.372. The number of rotatable bonds is 3. The summed E-state index contributed by atoms with van der Waals surface area (Å²) in [5.74, 6) is -0.670. The molecule has 98 valence electrons. The summed E-state index contributed by atoms with van der Waals surface area (Å²) in [5.41, 5.74) is 1.79. The number of benzene rings is 1. The Morgan fingerprint density at radius 3 is 2.61 bits per heavy atom. The van der Waals surface area contributed by atoms with Crippen molar-refractivity contribution in [2.24, 2.45) is 5.92 Å². The highest BCUT2D eigenvalue weighted by atomic mass is 19.2. The van der Waals surface area contributed by atoms with Crippen LogP contribution in [0.25, 0.3) is 5.57 Å². The van der Waals surface area contributed by atoms with Crippen molar-refractivity contribution in [3.05, 3.63) is 41.0 Å². The minimum Gasteiger partial charge on any atom is -0.203 e. The largest absolute Gasteiger partial charge is 0.203 e. The molecular weight excluding hydrogens is 230 g/mol. The van der Waals surface area contributed by atoms with E-state index >= 15 is 0 Å². The van der Waals surface area contributed by atoms with E-state index in [2.05, 4.69) is 13.0 Å². The SMILES string of the molecule is CCCC1CC=C(c2ccc(C)c(F)c2F)CC1. The van der Waals surface area contributed by atoms with Gasteiger partial charge in [-0.15, -0.1) is 0 Å². The first-order valence-electron chi connectivity index (χ1n) is 6.77. The molecule has 0 aliphatic heterocycles. The fraction of sp³-hybridized carbons (Fsp3) is 0.500. The number of aryl methyl sites for hydroxylation is 1. The van der Waals surface area contributed by atoms with Crippen molar-refractivity contribution < 1.29 is 8.78 Å². The Morgan fingerprint density at radius 1 is 1.22 bits per heavy atom. The van der Waals surface area contributed by atoms with Gasteiger partial charge in [0.05, 0.1) is 0 Å². The first kappa shape index (κ1) is 13.3. The molecule has 2 heteroatoms. The third-order valence-corrected chi connectivity index (χ3v) is 3.84. The maximum absolute atomic E-state index is 13.9. The normalized spacial score (nSPS) is 19.8. The summed E-state index contributed by atoms with van der Waals surface area (Å²) >= 11 is 0. The molecule has 0 spiro atoms. The number of hydrogen-bond acceptors (Lipinski definition) is 0. The monoisotopic (exact) mass is 250 g/mol. The summed E-state index contributed by atoms with van der Waals surface area (Å²) in [7, 11) is 0. The molecule has 0 N–H and O–H groups in total. The standard InChI is InChI=1S/C16H20F2/c1-3-4-12-6-8-13(9-7-12)14-10-5-11(2)15(17)16(14)18/h5,8,10,12H,3-4,6-7,9H2,1-2H3. The van der Waals surface area contributed by atoms with E-state index in [4.69, 9.17) is 0 Å². The van der Waals surface area contributed by atoms with Gasteiger partial charge in [-0.1, -0.05) is 38.0 Å². The van der Waals surface area contributed by atoms with Crippen LogP contribution < -0.4 is 0 Å². The summed E-state index contributed by atoms with van der Waals surface area (Å²) in [5, 5.41) is 0. The van der Waals surface area contributed by atoms with Gasteiger partial charge in [-0.05, 0) is 43.2 Å². The van der Waals surface area contributed by atoms with Crippen molar-refractivity contribution in [3.63, 3.8) is 0 Å². The lowest BCUT2D eigenvalue weighted by Gasteiger charge is -2.22. The molecule has 0 nitrogen and oxygen atoms in total. The zero-order chi connectivity index (χ0) is 13.1. The van der Waals surface area contributed by atoms with E-state index in [0.717, 1.165) is 30.8 Å². The van der Waals surface area contributed by atoms with E-state index in [1.807, 2.05) is 0 Å². The van der Waals surface area contributed by atoms with Crippen LogP contribution in [0.3, 0.4) is 0 Å². The maximum atomic E-state index is 13.9. The lowest BCUT2D eigenvalue weighted by molar-refractivity contribution is 0.443. The molecule has 0 bridgehead atoms. The van der Waals surface area contributed by atoms with Crippen molar-refractivity contribution >= 4 is 5.57 Å². The van der Waals surface area contributed by atoms with Gasteiger partial charge in [0.25, 0.3) is 0 Å². The molecule has 1 unspecified atom stereocenters. The highest BCUT2D eigenvalue weighted by Crippen LogP contribution is 2.34. The highest BCUT2D eigenvalue weighted by molar-refractivity contribution is 5.67. The molecule has 0 saturated carbocycles.